The molecule has 1 aromatic heterocycles. The first-order valence-corrected chi connectivity index (χ1v) is 11.0. The molecule has 0 aliphatic carbocycles. The largest absolute Gasteiger partial charge is 0.369 e. The van der Waals surface area contributed by atoms with Gasteiger partial charge in [0.25, 0.3) is 0 Å². The SMILES string of the molecule is [CH][N+](C)(C)Cc1nc(CSCC[N+]([CH])(C)/C(=C(\C)[N+](=O)[O-])[N+]([CH])(C)CC)cs1. The first-order valence-electron chi connectivity index (χ1n) is 8.97. The Bertz CT molecular complexity index is 705. The van der Waals surface area contributed by atoms with Gasteiger partial charge in [0.15, 0.2) is 0 Å². The molecule has 0 fully saturated rings. The summed E-state index contributed by atoms with van der Waals surface area (Å²) in [6.45, 7) is 5.03. The van der Waals surface area contributed by atoms with E-state index < -0.39 is 4.92 Å². The molecule has 7 nitrogen and oxygen atoms in total. The number of thioether (sulfide) groups is 1. The van der Waals surface area contributed by atoms with E-state index in [2.05, 4.69) is 4.98 Å². The molecule has 1 rings (SSSR count). The van der Waals surface area contributed by atoms with E-state index in [0.717, 1.165) is 22.2 Å². The molecule has 2 unspecified atom stereocenters. The highest BCUT2D eigenvalue weighted by Crippen LogP contribution is 2.28. The number of allylic oxidation sites excluding steroid dienone is 1. The standard InChI is InChI=1S/C19H32N5O2S2/c1-10-23(6,7)19(16(2)21(25)26)24(8,9)11-12-27-14-17-15-28-18(20-17)13-22(3,4)5/h3,6,8,15H,10-14H2,1-2,4-5,7,9H3/q+3/b19-16+. The van der Waals surface area contributed by atoms with Gasteiger partial charge in [0.05, 0.1) is 51.9 Å². The van der Waals surface area contributed by atoms with Gasteiger partial charge in [0.2, 0.25) is 21.1 Å². The van der Waals surface area contributed by atoms with Crippen LogP contribution in [0.25, 0.3) is 0 Å². The van der Waals surface area contributed by atoms with Crippen LogP contribution in [0.15, 0.2) is 16.9 Å². The van der Waals surface area contributed by atoms with Crippen LogP contribution < -0.4 is 0 Å². The Morgan fingerprint density at radius 3 is 2.36 bits per heavy atom. The molecule has 0 spiro atoms. The molecule has 6 radical (unpaired) electrons. The van der Waals surface area contributed by atoms with Crippen molar-refractivity contribution in [3.8, 4) is 0 Å². The number of rotatable bonds is 11. The smallest absolute Gasteiger partial charge is 0.310 e. The van der Waals surface area contributed by atoms with Crippen LogP contribution in [0.1, 0.15) is 24.5 Å². The molecule has 0 aromatic carbocycles. The summed E-state index contributed by atoms with van der Waals surface area (Å²) in [5.41, 5.74) is 1.00. The van der Waals surface area contributed by atoms with Crippen molar-refractivity contribution in [3.05, 3.63) is 58.9 Å². The van der Waals surface area contributed by atoms with E-state index in [1.165, 1.54) is 6.92 Å². The Kier molecular flexibility index (Phi) is 8.64. The summed E-state index contributed by atoms with van der Waals surface area (Å²) in [6, 6.07) is 0. The molecule has 0 aliphatic rings. The molecule has 9 heteroatoms. The second-order valence-electron chi connectivity index (χ2n) is 7.96. The van der Waals surface area contributed by atoms with Gasteiger partial charge in [-0.1, -0.05) is 0 Å². The van der Waals surface area contributed by atoms with Crippen LogP contribution in [-0.2, 0) is 12.3 Å². The quantitative estimate of drug-likeness (QED) is 0.236. The summed E-state index contributed by atoms with van der Waals surface area (Å²) in [4.78, 5) is 15.6. The van der Waals surface area contributed by atoms with Crippen LogP contribution in [0.5, 0.6) is 0 Å². The van der Waals surface area contributed by atoms with Gasteiger partial charge < -0.3 is 4.48 Å². The molecule has 1 aromatic rings. The third kappa shape index (κ3) is 7.44. The van der Waals surface area contributed by atoms with Gasteiger partial charge in [0.1, 0.15) is 11.6 Å². The zero-order chi connectivity index (χ0) is 21.8. The second-order valence-corrected chi connectivity index (χ2v) is 10.0. The Labute approximate surface area is 178 Å². The summed E-state index contributed by atoms with van der Waals surface area (Å²) < 4.78 is 0.108. The normalized spacial score (nSPS) is 14.2. The molecule has 0 N–H and O–H groups in total. The Morgan fingerprint density at radius 2 is 1.86 bits per heavy atom. The number of hydrogen-bond acceptors (Lipinski definition) is 5. The fraction of sp³-hybridized carbons (Fsp3) is 0.579. The zero-order valence-electron chi connectivity index (χ0n) is 17.7. The fourth-order valence-electron chi connectivity index (χ4n) is 2.87. The molecule has 0 saturated heterocycles. The van der Waals surface area contributed by atoms with Crippen LogP contribution in [-0.4, -0.2) is 70.4 Å². The van der Waals surface area contributed by atoms with E-state index >= 15 is 0 Å². The van der Waals surface area contributed by atoms with Crippen LogP contribution in [0.3, 0.4) is 0 Å². The number of hydrogen-bond donors (Lipinski definition) is 0. The van der Waals surface area contributed by atoms with Gasteiger partial charge in [-0.05, 0) is 6.92 Å². The third-order valence-electron chi connectivity index (χ3n) is 4.31. The number of quaternary nitrogens is 3. The summed E-state index contributed by atoms with van der Waals surface area (Å²) in [5, 5.41) is 14.4. The Balaban J connectivity index is 2.74. The highest BCUT2D eigenvalue weighted by molar-refractivity contribution is 7.98. The Morgan fingerprint density at radius 1 is 1.25 bits per heavy atom. The van der Waals surface area contributed by atoms with Gasteiger partial charge in [-0.3, -0.25) is 10.1 Å². The van der Waals surface area contributed by atoms with Crippen molar-refractivity contribution in [2.45, 2.75) is 26.1 Å². The van der Waals surface area contributed by atoms with Crippen molar-refractivity contribution in [3.63, 3.8) is 0 Å². The van der Waals surface area contributed by atoms with Crippen LogP contribution in [0, 0.1) is 31.3 Å². The predicted molar refractivity (Wildman–Crippen MR) is 114 cm³/mol. The molecule has 0 bridgehead atoms. The number of thiazole rings is 1. The van der Waals surface area contributed by atoms with E-state index in [4.69, 9.17) is 21.1 Å². The lowest BCUT2D eigenvalue weighted by Crippen LogP contribution is -2.52. The van der Waals surface area contributed by atoms with Crippen LogP contribution >= 0.6 is 23.1 Å². The molecule has 2 atom stereocenters. The minimum Gasteiger partial charge on any atom is -0.310 e. The maximum atomic E-state index is 11.4. The predicted octanol–water partition coefficient (Wildman–Crippen LogP) is 3.34. The first-order chi connectivity index (χ1) is 12.7. The van der Waals surface area contributed by atoms with Gasteiger partial charge >= 0.3 is 11.5 Å². The molecule has 1 heterocycles. The Hall–Kier alpha value is -1.00. The molecule has 28 heavy (non-hydrogen) atoms. The van der Waals surface area contributed by atoms with Crippen molar-refractivity contribution in [2.24, 2.45) is 0 Å². The van der Waals surface area contributed by atoms with Crippen molar-refractivity contribution >= 4 is 23.1 Å². The van der Waals surface area contributed by atoms with E-state index in [0.29, 0.717) is 29.9 Å². The fourth-order valence-corrected chi connectivity index (χ4v) is 4.97. The average molecular weight is 427 g/mol. The lowest BCUT2D eigenvalue weighted by Gasteiger charge is -2.36. The molecule has 0 amide bonds. The summed E-state index contributed by atoms with van der Waals surface area (Å²) in [6.07, 6.45) is 0. The summed E-state index contributed by atoms with van der Waals surface area (Å²) >= 11 is 3.30. The first kappa shape index (κ1) is 25.0. The second kappa shape index (κ2) is 9.67. The van der Waals surface area contributed by atoms with E-state index in [9.17, 15) is 10.1 Å². The zero-order valence-corrected chi connectivity index (χ0v) is 19.3. The molecule has 0 saturated carbocycles. The highest BCUT2D eigenvalue weighted by Gasteiger charge is 2.44. The minimum absolute atomic E-state index is 0.00600. The molecule has 154 valence electrons. The van der Waals surface area contributed by atoms with Crippen molar-refractivity contribution in [1.82, 2.24) is 4.98 Å². The van der Waals surface area contributed by atoms with Crippen molar-refractivity contribution in [1.29, 1.82) is 0 Å². The topological polar surface area (TPSA) is 56.0 Å². The number of nitrogens with zero attached hydrogens (tertiary/aromatic N) is 5. The van der Waals surface area contributed by atoms with Gasteiger partial charge in [-0.2, -0.15) is 0 Å². The van der Waals surface area contributed by atoms with Crippen molar-refractivity contribution in [2.75, 3.05) is 47.0 Å². The van der Waals surface area contributed by atoms with Gasteiger partial charge in [0, 0.05) is 23.8 Å². The van der Waals surface area contributed by atoms with E-state index in [1.54, 1.807) is 37.2 Å². The van der Waals surface area contributed by atoms with E-state index in [1.807, 2.05) is 26.4 Å². The lowest BCUT2D eigenvalue weighted by atomic mass is 10.3. The van der Waals surface area contributed by atoms with Gasteiger partial charge in [-0.15, -0.1) is 23.1 Å². The van der Waals surface area contributed by atoms with Gasteiger partial charge in [-0.25, -0.2) is 14.0 Å². The monoisotopic (exact) mass is 426 g/mol. The highest BCUT2D eigenvalue weighted by atomic mass is 32.2. The van der Waals surface area contributed by atoms with Crippen LogP contribution in [0.4, 0.5) is 0 Å². The molecule has 0 aliphatic heterocycles. The average Bonchev–Trinajstić information content (AvgIpc) is 2.96. The maximum Gasteiger partial charge on any atom is 0.369 e. The maximum absolute atomic E-state index is 11.4. The minimum atomic E-state index is -0.418. The third-order valence-corrected chi connectivity index (χ3v) is 6.17. The number of nitro groups is 1. The van der Waals surface area contributed by atoms with Crippen LogP contribution in [0.2, 0.25) is 0 Å². The molecular weight excluding hydrogens is 394 g/mol. The van der Waals surface area contributed by atoms with E-state index in [-0.39, 0.29) is 14.7 Å². The lowest BCUT2D eigenvalue weighted by molar-refractivity contribution is -0.991. The molecular formula is C19H32N5O2S2+3. The summed E-state index contributed by atoms with van der Waals surface area (Å²) in [7, 11) is 26.1. The summed E-state index contributed by atoms with van der Waals surface area (Å²) in [5.74, 6) is 1.87. The van der Waals surface area contributed by atoms with Crippen molar-refractivity contribution < 1.29 is 18.4 Å². The number of aromatic nitrogens is 1.